The third-order valence-corrected chi connectivity index (χ3v) is 3.40. The summed E-state index contributed by atoms with van der Waals surface area (Å²) in [4.78, 5) is 19.5. The Bertz CT molecular complexity index is 895. The van der Waals surface area contributed by atoms with E-state index in [1.54, 1.807) is 12.3 Å². The van der Waals surface area contributed by atoms with Gasteiger partial charge >= 0.3 is 5.97 Å². The van der Waals surface area contributed by atoms with Gasteiger partial charge in [-0.3, -0.25) is 9.98 Å². The fraction of sp³-hybridized carbons (Fsp3) is 0. The molecule has 4 rings (SSSR count). The fourth-order valence-electron chi connectivity index (χ4n) is 2.49. The maximum atomic E-state index is 11.0. The second-order valence-electron chi connectivity index (χ2n) is 4.55. The van der Waals surface area contributed by atoms with Crippen molar-refractivity contribution >= 4 is 30.0 Å². The van der Waals surface area contributed by atoms with Crippen LogP contribution in [0.5, 0.6) is 0 Å². The van der Waals surface area contributed by atoms with Gasteiger partial charge in [0.15, 0.2) is 0 Å². The molecule has 19 heavy (non-hydrogen) atoms. The second-order valence-corrected chi connectivity index (χ2v) is 4.55. The highest BCUT2D eigenvalue weighted by Crippen LogP contribution is 2.25. The minimum Gasteiger partial charge on any atom is -0.478 e. The molecule has 2 aliphatic rings. The normalized spacial score (nSPS) is 13.3. The molecule has 2 aromatic rings. The van der Waals surface area contributed by atoms with Crippen molar-refractivity contribution in [1.82, 2.24) is 4.98 Å². The van der Waals surface area contributed by atoms with E-state index in [1.165, 1.54) is 6.20 Å². The van der Waals surface area contributed by atoms with Crippen LogP contribution in [0.15, 0.2) is 29.4 Å². The molecule has 0 bridgehead atoms. The molecule has 1 aromatic heterocycles. The Morgan fingerprint density at radius 1 is 1.16 bits per heavy atom. The molecule has 0 fully saturated rings. The second kappa shape index (κ2) is 3.38. The van der Waals surface area contributed by atoms with E-state index in [0.717, 1.165) is 32.9 Å². The molecule has 1 aliphatic carbocycles. The number of pyridine rings is 1. The van der Waals surface area contributed by atoms with Gasteiger partial charge in [0.25, 0.3) is 0 Å². The van der Waals surface area contributed by atoms with Crippen LogP contribution in [0.25, 0.3) is 23.4 Å². The molecule has 2 heterocycles. The number of nitrogens with zero attached hydrogens (tertiary/aromatic N) is 2. The molecule has 4 nitrogen and oxygen atoms in total. The van der Waals surface area contributed by atoms with E-state index in [4.69, 9.17) is 5.11 Å². The summed E-state index contributed by atoms with van der Waals surface area (Å²) in [5.74, 6) is -0.958. The van der Waals surface area contributed by atoms with E-state index in [1.807, 2.05) is 24.3 Å². The van der Waals surface area contributed by atoms with Crippen molar-refractivity contribution in [2.24, 2.45) is 4.99 Å². The summed E-state index contributed by atoms with van der Waals surface area (Å²) >= 11 is 0. The topological polar surface area (TPSA) is 62.5 Å². The Balaban J connectivity index is 2.00. The first kappa shape index (κ1) is 10.2. The van der Waals surface area contributed by atoms with Crippen molar-refractivity contribution in [3.8, 4) is 11.3 Å². The third kappa shape index (κ3) is 1.37. The van der Waals surface area contributed by atoms with E-state index < -0.39 is 5.97 Å². The number of carboxylic acids is 1. The zero-order chi connectivity index (χ0) is 13.0. The number of benzene rings is 1. The van der Waals surface area contributed by atoms with Gasteiger partial charge in [-0.15, -0.1) is 0 Å². The van der Waals surface area contributed by atoms with Gasteiger partial charge in [-0.2, -0.15) is 0 Å². The van der Waals surface area contributed by atoms with Crippen LogP contribution in [0.4, 0.5) is 5.69 Å². The van der Waals surface area contributed by atoms with Crippen molar-refractivity contribution < 1.29 is 9.90 Å². The van der Waals surface area contributed by atoms with Crippen molar-refractivity contribution in [3.05, 3.63) is 46.0 Å². The Kier molecular flexibility index (Phi) is 1.82. The molecule has 0 radical (unpaired) electrons. The molecule has 1 aromatic carbocycles. The van der Waals surface area contributed by atoms with Crippen molar-refractivity contribution in [2.45, 2.75) is 0 Å². The molecule has 0 amide bonds. The Morgan fingerprint density at radius 2 is 2.05 bits per heavy atom. The molecule has 0 unspecified atom stereocenters. The minimum absolute atomic E-state index is 0.208. The first-order valence-corrected chi connectivity index (χ1v) is 5.86. The third-order valence-electron chi connectivity index (χ3n) is 3.40. The number of aromatic nitrogens is 1. The van der Waals surface area contributed by atoms with E-state index in [-0.39, 0.29) is 5.56 Å². The largest absolute Gasteiger partial charge is 0.478 e. The van der Waals surface area contributed by atoms with E-state index in [2.05, 4.69) is 9.98 Å². The van der Waals surface area contributed by atoms with Gasteiger partial charge in [0.2, 0.25) is 0 Å². The van der Waals surface area contributed by atoms with Crippen LogP contribution in [0, 0.1) is 0 Å². The van der Waals surface area contributed by atoms with Crippen LogP contribution in [0.3, 0.4) is 0 Å². The molecule has 0 atom stereocenters. The highest BCUT2D eigenvalue weighted by atomic mass is 16.4. The number of aliphatic imine (C=N–C) groups is 1. The number of fused-ring (bicyclic) bond motifs is 4. The van der Waals surface area contributed by atoms with Crippen LogP contribution >= 0.6 is 0 Å². The van der Waals surface area contributed by atoms with Gasteiger partial charge < -0.3 is 5.11 Å². The van der Waals surface area contributed by atoms with Crippen molar-refractivity contribution in [3.63, 3.8) is 0 Å². The summed E-state index contributed by atoms with van der Waals surface area (Å²) in [6.45, 7) is 0. The Labute approximate surface area is 108 Å². The lowest BCUT2D eigenvalue weighted by atomic mass is 10.1. The van der Waals surface area contributed by atoms with Gasteiger partial charge in [-0.05, 0) is 35.6 Å². The molecule has 0 spiro atoms. The van der Waals surface area contributed by atoms with Crippen LogP contribution < -0.4 is 10.4 Å². The van der Waals surface area contributed by atoms with Crippen LogP contribution in [-0.2, 0) is 0 Å². The fourth-order valence-corrected chi connectivity index (χ4v) is 2.49. The Hall–Kier alpha value is -2.75. The first-order valence-electron chi connectivity index (χ1n) is 5.86. The average molecular weight is 248 g/mol. The number of carbonyl (C=O) groups is 1. The SMILES string of the molecule is O=C(O)c1cnc2c(c1)C=c1cc3c(cc1-2)=CC=N3. The van der Waals surface area contributed by atoms with Crippen LogP contribution in [0.1, 0.15) is 15.9 Å². The average Bonchev–Trinajstić information content (AvgIpc) is 2.97. The van der Waals surface area contributed by atoms with Crippen molar-refractivity contribution in [1.29, 1.82) is 0 Å². The molecule has 90 valence electrons. The van der Waals surface area contributed by atoms with E-state index >= 15 is 0 Å². The lowest BCUT2D eigenvalue weighted by Gasteiger charge is -2.02. The molecule has 1 N–H and O–H groups in total. The highest BCUT2D eigenvalue weighted by molar-refractivity contribution is 5.98. The summed E-state index contributed by atoms with van der Waals surface area (Å²) < 4.78 is 0. The van der Waals surface area contributed by atoms with Gasteiger partial charge in [0.1, 0.15) is 0 Å². The summed E-state index contributed by atoms with van der Waals surface area (Å²) in [7, 11) is 0. The number of hydrogen-bond donors (Lipinski definition) is 1. The summed E-state index contributed by atoms with van der Waals surface area (Å²) in [5, 5.41) is 11.1. The molecule has 1 aliphatic heterocycles. The van der Waals surface area contributed by atoms with Crippen LogP contribution in [-0.4, -0.2) is 22.3 Å². The van der Waals surface area contributed by atoms with Crippen molar-refractivity contribution in [2.75, 3.05) is 0 Å². The quantitative estimate of drug-likeness (QED) is 0.701. The zero-order valence-corrected chi connectivity index (χ0v) is 9.79. The predicted molar refractivity (Wildman–Crippen MR) is 72.1 cm³/mol. The summed E-state index contributed by atoms with van der Waals surface area (Å²) in [5.41, 5.74) is 3.87. The number of hydrogen-bond acceptors (Lipinski definition) is 3. The van der Waals surface area contributed by atoms with E-state index in [9.17, 15) is 4.79 Å². The van der Waals surface area contributed by atoms with Gasteiger partial charge in [0.05, 0.1) is 16.9 Å². The van der Waals surface area contributed by atoms with E-state index in [0.29, 0.717) is 0 Å². The number of carboxylic acid groups (broad SMARTS) is 1. The Morgan fingerprint density at radius 3 is 2.89 bits per heavy atom. The zero-order valence-electron chi connectivity index (χ0n) is 9.79. The number of aromatic carboxylic acids is 1. The summed E-state index contributed by atoms with van der Waals surface area (Å²) in [6, 6.07) is 5.71. The maximum absolute atomic E-state index is 11.0. The van der Waals surface area contributed by atoms with Gasteiger partial charge in [-0.1, -0.05) is 0 Å². The lowest BCUT2D eigenvalue weighted by molar-refractivity contribution is 0.0696. The van der Waals surface area contributed by atoms with Gasteiger partial charge in [0, 0.05) is 28.8 Å². The smallest absolute Gasteiger partial charge is 0.337 e. The molecular weight excluding hydrogens is 240 g/mol. The maximum Gasteiger partial charge on any atom is 0.337 e. The first-order chi connectivity index (χ1) is 9.22. The predicted octanol–water partition coefficient (Wildman–Crippen LogP) is 1.09. The lowest BCUT2D eigenvalue weighted by Crippen LogP contribution is -2.08. The molecule has 4 heteroatoms. The molecular formula is C15H8N2O2. The monoisotopic (exact) mass is 248 g/mol. The van der Waals surface area contributed by atoms with Crippen LogP contribution in [0.2, 0.25) is 0 Å². The standard InChI is InChI=1S/C15H8N2O2/c18-15(19)11-4-10-3-9-6-13-8(1-2-16-13)5-12(9)14(10)17-7-11/h1-7H,(H,18,19). The molecule has 0 saturated heterocycles. The van der Waals surface area contributed by atoms with Gasteiger partial charge in [-0.25, -0.2) is 4.79 Å². The number of rotatable bonds is 1. The molecule has 0 saturated carbocycles. The highest BCUT2D eigenvalue weighted by Gasteiger charge is 2.17. The summed E-state index contributed by atoms with van der Waals surface area (Å²) in [6.07, 6.45) is 7.09. The minimum atomic E-state index is -0.958.